The molecule has 1 aliphatic rings. The molecule has 120 valence electrons. The number of sulfonamides is 1. The minimum Gasteiger partial charge on any atom is -0.200 e. The van der Waals surface area contributed by atoms with E-state index in [9.17, 15) is 8.42 Å². The van der Waals surface area contributed by atoms with Crippen molar-refractivity contribution in [2.75, 3.05) is 0 Å². The Balaban J connectivity index is 2.25. The fraction of sp³-hybridized carbons (Fsp3) is 0.471. The molecule has 1 saturated carbocycles. The van der Waals surface area contributed by atoms with Gasteiger partial charge in [0.1, 0.15) is 0 Å². The summed E-state index contributed by atoms with van der Waals surface area (Å²) >= 11 is 0. The zero-order chi connectivity index (χ0) is 16.3. The molecular formula is C17H24N2O2S. The zero-order valence-corrected chi connectivity index (χ0v) is 14.5. The lowest BCUT2D eigenvalue weighted by Gasteiger charge is -2.23. The molecule has 0 spiro atoms. The molecule has 0 unspecified atom stereocenters. The molecule has 1 N–H and O–H groups in total. The minimum absolute atomic E-state index is 0.241. The highest BCUT2D eigenvalue weighted by Crippen LogP contribution is 2.28. The van der Waals surface area contributed by atoms with Gasteiger partial charge in [-0.2, -0.15) is 18.4 Å². The van der Waals surface area contributed by atoms with Crippen molar-refractivity contribution in [3.05, 3.63) is 41.0 Å². The average molecular weight is 320 g/mol. The van der Waals surface area contributed by atoms with Crippen LogP contribution in [-0.4, -0.2) is 14.1 Å². The van der Waals surface area contributed by atoms with Gasteiger partial charge < -0.3 is 0 Å². The van der Waals surface area contributed by atoms with Crippen LogP contribution in [0.4, 0.5) is 0 Å². The second-order valence-electron chi connectivity index (χ2n) is 6.29. The molecule has 0 amide bonds. The second kappa shape index (κ2) is 6.65. The van der Waals surface area contributed by atoms with E-state index in [1.165, 1.54) is 11.1 Å². The third-order valence-corrected chi connectivity index (χ3v) is 5.24. The number of hydrogen-bond donors (Lipinski definition) is 1. The fourth-order valence-corrected chi connectivity index (χ4v) is 3.46. The molecule has 0 radical (unpaired) electrons. The molecular weight excluding hydrogens is 296 g/mol. The maximum atomic E-state index is 12.3. The van der Waals surface area contributed by atoms with E-state index in [1.807, 2.05) is 6.92 Å². The first kappa shape index (κ1) is 16.7. The van der Waals surface area contributed by atoms with Crippen molar-refractivity contribution in [2.24, 2.45) is 11.0 Å². The molecule has 4 nitrogen and oxygen atoms in total. The van der Waals surface area contributed by atoms with Crippen molar-refractivity contribution in [2.45, 2.75) is 51.9 Å². The monoisotopic (exact) mass is 320 g/mol. The molecule has 1 aliphatic carbocycles. The van der Waals surface area contributed by atoms with Gasteiger partial charge in [0.25, 0.3) is 10.0 Å². The van der Waals surface area contributed by atoms with Crippen LogP contribution in [0, 0.1) is 12.8 Å². The Bertz CT molecular complexity index is 697. The number of nitrogens with one attached hydrogen (secondary N) is 1. The first-order valence-electron chi connectivity index (χ1n) is 7.61. The van der Waals surface area contributed by atoms with Crippen molar-refractivity contribution in [1.29, 1.82) is 0 Å². The Morgan fingerprint density at radius 3 is 2.45 bits per heavy atom. The number of nitrogens with zero attached hydrogens (tertiary/aromatic N) is 1. The van der Waals surface area contributed by atoms with Crippen LogP contribution in [0.1, 0.15) is 45.6 Å². The highest BCUT2D eigenvalue weighted by molar-refractivity contribution is 7.89. The summed E-state index contributed by atoms with van der Waals surface area (Å²) in [6, 6.07) is 6.77. The number of aryl methyl sites for hydroxylation is 1. The number of rotatable bonds is 3. The third kappa shape index (κ3) is 3.97. The quantitative estimate of drug-likeness (QED) is 0.862. The van der Waals surface area contributed by atoms with Crippen molar-refractivity contribution in [3.8, 4) is 0 Å². The molecule has 1 fully saturated rings. The van der Waals surface area contributed by atoms with E-state index in [1.54, 1.807) is 24.3 Å². The molecule has 0 heterocycles. The lowest BCUT2D eigenvalue weighted by molar-refractivity contribution is 0.530. The normalized spacial score (nSPS) is 21.0. The zero-order valence-electron chi connectivity index (χ0n) is 13.7. The molecule has 22 heavy (non-hydrogen) atoms. The van der Waals surface area contributed by atoms with Gasteiger partial charge in [-0.15, -0.1) is 0 Å². The van der Waals surface area contributed by atoms with Crippen molar-refractivity contribution < 1.29 is 8.42 Å². The fourth-order valence-electron chi connectivity index (χ4n) is 2.63. The predicted molar refractivity (Wildman–Crippen MR) is 90.3 cm³/mol. The molecule has 1 aromatic rings. The molecule has 1 aromatic carbocycles. The SMILES string of the molecule is CC(C)=C1CC[C@@H](C)C/C1=N\NS(=O)(=O)c1ccc(C)cc1. The highest BCUT2D eigenvalue weighted by Gasteiger charge is 2.21. The summed E-state index contributed by atoms with van der Waals surface area (Å²) < 4.78 is 24.6. The van der Waals surface area contributed by atoms with E-state index in [2.05, 4.69) is 30.7 Å². The molecule has 2 rings (SSSR count). The molecule has 0 bridgehead atoms. The number of allylic oxidation sites excluding steroid dienone is 2. The van der Waals surface area contributed by atoms with E-state index in [0.717, 1.165) is 30.5 Å². The summed E-state index contributed by atoms with van der Waals surface area (Å²) in [6.07, 6.45) is 2.91. The van der Waals surface area contributed by atoms with Crippen molar-refractivity contribution in [1.82, 2.24) is 4.83 Å². The van der Waals surface area contributed by atoms with Gasteiger partial charge in [-0.3, -0.25) is 0 Å². The van der Waals surface area contributed by atoms with Gasteiger partial charge in [0.2, 0.25) is 0 Å². The van der Waals surface area contributed by atoms with E-state index in [4.69, 9.17) is 0 Å². The Morgan fingerprint density at radius 1 is 1.23 bits per heavy atom. The van der Waals surface area contributed by atoms with Gasteiger partial charge in [0.15, 0.2) is 0 Å². The Hall–Kier alpha value is -1.62. The lowest BCUT2D eigenvalue weighted by Crippen LogP contribution is -2.24. The van der Waals surface area contributed by atoms with Gasteiger partial charge in [-0.25, -0.2) is 0 Å². The number of hydrogen-bond acceptors (Lipinski definition) is 3. The Kier molecular flexibility index (Phi) is 5.06. The van der Waals surface area contributed by atoms with Crippen LogP contribution in [0.3, 0.4) is 0 Å². The predicted octanol–water partition coefficient (Wildman–Crippen LogP) is 3.79. The van der Waals surface area contributed by atoms with Gasteiger partial charge in [-0.05, 0) is 63.7 Å². The van der Waals surface area contributed by atoms with E-state index in [0.29, 0.717) is 5.92 Å². The van der Waals surface area contributed by atoms with Gasteiger partial charge in [-0.1, -0.05) is 30.2 Å². The van der Waals surface area contributed by atoms with Gasteiger partial charge >= 0.3 is 0 Å². The van der Waals surface area contributed by atoms with Crippen LogP contribution in [0.15, 0.2) is 45.4 Å². The number of hydrazone groups is 1. The van der Waals surface area contributed by atoms with Crippen LogP contribution in [0.5, 0.6) is 0 Å². The summed E-state index contributed by atoms with van der Waals surface area (Å²) in [5.74, 6) is 0.533. The maximum Gasteiger partial charge on any atom is 0.276 e. The molecule has 0 saturated heterocycles. The molecule has 5 heteroatoms. The summed E-state index contributed by atoms with van der Waals surface area (Å²) in [7, 11) is -3.60. The van der Waals surface area contributed by atoms with E-state index in [-0.39, 0.29) is 4.90 Å². The average Bonchev–Trinajstić information content (AvgIpc) is 2.45. The maximum absolute atomic E-state index is 12.3. The third-order valence-electron chi connectivity index (χ3n) is 4.01. The van der Waals surface area contributed by atoms with Crippen LogP contribution in [-0.2, 0) is 10.0 Å². The number of benzene rings is 1. The van der Waals surface area contributed by atoms with E-state index < -0.39 is 10.0 Å². The standard InChI is InChI=1S/C17H24N2O2S/c1-12(2)16-10-7-14(4)11-17(16)18-19-22(20,21)15-8-5-13(3)6-9-15/h5-6,8-9,14,19H,7,10-11H2,1-4H3/b18-17+/t14-/m1/s1. The molecule has 0 aliphatic heterocycles. The smallest absolute Gasteiger partial charge is 0.200 e. The van der Waals surface area contributed by atoms with Crippen LogP contribution >= 0.6 is 0 Å². The summed E-state index contributed by atoms with van der Waals surface area (Å²) in [5, 5.41) is 4.23. The highest BCUT2D eigenvalue weighted by atomic mass is 32.2. The topological polar surface area (TPSA) is 58.5 Å². The first-order valence-corrected chi connectivity index (χ1v) is 9.09. The summed E-state index contributed by atoms with van der Waals surface area (Å²) in [6.45, 7) is 8.20. The summed E-state index contributed by atoms with van der Waals surface area (Å²) in [5.41, 5.74) is 4.29. The Labute approximate surface area is 133 Å². The second-order valence-corrected chi connectivity index (χ2v) is 7.95. The van der Waals surface area contributed by atoms with Crippen molar-refractivity contribution >= 4 is 15.7 Å². The largest absolute Gasteiger partial charge is 0.276 e. The van der Waals surface area contributed by atoms with E-state index >= 15 is 0 Å². The first-order chi connectivity index (χ1) is 10.3. The lowest BCUT2D eigenvalue weighted by atomic mass is 9.84. The van der Waals surface area contributed by atoms with Gasteiger partial charge in [0, 0.05) is 0 Å². The van der Waals surface area contributed by atoms with Crippen LogP contribution in [0.2, 0.25) is 0 Å². The molecule has 0 aromatic heterocycles. The Morgan fingerprint density at radius 2 is 1.86 bits per heavy atom. The van der Waals surface area contributed by atoms with Crippen LogP contribution < -0.4 is 4.83 Å². The minimum atomic E-state index is -3.60. The summed E-state index contributed by atoms with van der Waals surface area (Å²) in [4.78, 5) is 2.64. The van der Waals surface area contributed by atoms with Gasteiger partial charge in [0.05, 0.1) is 10.6 Å². The molecule has 1 atom stereocenters. The van der Waals surface area contributed by atoms with Crippen LogP contribution in [0.25, 0.3) is 0 Å². The van der Waals surface area contributed by atoms with Crippen molar-refractivity contribution in [3.63, 3.8) is 0 Å².